The summed E-state index contributed by atoms with van der Waals surface area (Å²) in [6, 6.07) is -0.736. The number of carbonyl (C=O) groups is 3. The zero-order chi connectivity index (χ0) is 40.0. The molecule has 0 saturated heterocycles. The van der Waals surface area contributed by atoms with E-state index < -0.39 is 18.1 Å². The van der Waals surface area contributed by atoms with E-state index in [9.17, 15) is 19.5 Å². The highest BCUT2D eigenvalue weighted by Crippen LogP contribution is 2.13. The fraction of sp³-hybridized carbons (Fsp3) is 0.630. The molecular weight excluding hydrogens is 679 g/mol. The minimum absolute atomic E-state index is 0.0224. The normalized spacial score (nSPS) is 13.9. The van der Waals surface area contributed by atoms with Gasteiger partial charge >= 0.3 is 11.9 Å². The number of aliphatic carboxylic acids is 1. The molecule has 306 valence electrons. The molecule has 0 bridgehead atoms. The average Bonchev–Trinajstić information content (AvgIpc) is 3.12. The number of nitrogens with zero attached hydrogens (tertiary/aromatic N) is 1. The van der Waals surface area contributed by atoms with Crippen molar-refractivity contribution in [1.29, 1.82) is 0 Å². The zero-order valence-corrected chi connectivity index (χ0v) is 34.6. The Morgan fingerprint density at radius 2 is 0.981 bits per heavy atom. The lowest BCUT2D eigenvalue weighted by Gasteiger charge is -2.34. The van der Waals surface area contributed by atoms with Crippen LogP contribution in [-0.2, 0) is 28.6 Å². The van der Waals surface area contributed by atoms with Gasteiger partial charge in [0.1, 0.15) is 12.6 Å². The highest BCUT2D eigenvalue weighted by Gasteiger charge is 2.25. The fourth-order valence-electron chi connectivity index (χ4n) is 5.49. The third-order valence-electron chi connectivity index (χ3n) is 8.68. The molecule has 0 aromatic carbocycles. The van der Waals surface area contributed by atoms with Gasteiger partial charge in [-0.05, 0) is 51.4 Å². The summed E-state index contributed by atoms with van der Waals surface area (Å²) in [5.41, 5.74) is 0. The molecule has 0 saturated carbocycles. The van der Waals surface area contributed by atoms with Crippen molar-refractivity contribution in [3.8, 4) is 0 Å². The lowest BCUT2D eigenvalue weighted by Crippen LogP contribution is -2.55. The molecule has 0 radical (unpaired) electrons. The number of ether oxygens (including phenoxy) is 3. The van der Waals surface area contributed by atoms with Crippen LogP contribution in [-0.4, -0.2) is 75.5 Å². The Hall–Kier alpha value is -3.49. The molecule has 0 amide bonds. The molecule has 2 unspecified atom stereocenters. The first-order valence-electron chi connectivity index (χ1n) is 20.7. The summed E-state index contributed by atoms with van der Waals surface area (Å²) in [4.78, 5) is 36.8. The molecule has 8 heteroatoms. The number of quaternary nitrogens is 1. The van der Waals surface area contributed by atoms with Crippen molar-refractivity contribution in [1.82, 2.24) is 0 Å². The van der Waals surface area contributed by atoms with Gasteiger partial charge < -0.3 is 28.6 Å². The van der Waals surface area contributed by atoms with Gasteiger partial charge in [0.05, 0.1) is 40.3 Å². The second-order valence-corrected chi connectivity index (χ2v) is 14.6. The quantitative estimate of drug-likeness (QED) is 0.0275. The first-order chi connectivity index (χ1) is 26.1. The molecule has 0 spiro atoms. The third-order valence-corrected chi connectivity index (χ3v) is 8.68. The minimum atomic E-state index is -1.14. The number of likely N-dealkylation sites (N-methyl/N-ethyl adjacent to an activating group) is 1. The molecule has 2 atom stereocenters. The fourth-order valence-corrected chi connectivity index (χ4v) is 5.49. The topological polar surface area (TPSA) is 102 Å². The standard InChI is InChI=1S/C46H75NO7/c1-6-8-10-12-14-16-18-20-22-24-26-28-30-32-34-36-44(48)53-41-42(40-52-39-38-43(46(50)51)47(3,4)5)54-45(49)37-35-33-31-29-27-25-23-21-19-17-15-13-11-9-7-2/h8-20,22,42-43H,6-7,21,23-41H2,1-5H3/b10-8+,11-9+,14-12+,15-13+,18-16+,19-17+,22-20+. The number of carbonyl (C=O) groups excluding carboxylic acids is 3. The number of rotatable bonds is 35. The van der Waals surface area contributed by atoms with Crippen LogP contribution in [0.2, 0.25) is 0 Å². The van der Waals surface area contributed by atoms with Gasteiger partial charge in [-0.3, -0.25) is 9.59 Å². The van der Waals surface area contributed by atoms with Crippen LogP contribution >= 0.6 is 0 Å². The number of carboxylic acids is 1. The van der Waals surface area contributed by atoms with Gasteiger partial charge in [0.25, 0.3) is 0 Å². The van der Waals surface area contributed by atoms with E-state index in [1.165, 1.54) is 19.3 Å². The first kappa shape index (κ1) is 50.5. The Kier molecular flexibility index (Phi) is 34.1. The zero-order valence-electron chi connectivity index (χ0n) is 34.6. The molecule has 54 heavy (non-hydrogen) atoms. The van der Waals surface area contributed by atoms with E-state index in [4.69, 9.17) is 14.2 Å². The van der Waals surface area contributed by atoms with E-state index in [0.717, 1.165) is 83.5 Å². The van der Waals surface area contributed by atoms with E-state index in [1.807, 2.05) is 30.4 Å². The molecule has 0 aliphatic heterocycles. The maximum absolute atomic E-state index is 12.7. The predicted octanol–water partition coefficient (Wildman–Crippen LogP) is 9.63. The molecule has 0 rings (SSSR count). The van der Waals surface area contributed by atoms with Gasteiger partial charge in [-0.25, -0.2) is 0 Å². The molecule has 8 nitrogen and oxygen atoms in total. The van der Waals surface area contributed by atoms with Gasteiger partial charge in [0.2, 0.25) is 0 Å². The molecule has 0 N–H and O–H groups in total. The molecule has 0 aromatic rings. The molecular formula is C46H75NO7. The summed E-state index contributed by atoms with van der Waals surface area (Å²) < 4.78 is 17.1. The molecule has 0 aliphatic rings. The van der Waals surface area contributed by atoms with Crippen LogP contribution in [0.4, 0.5) is 0 Å². The van der Waals surface area contributed by atoms with E-state index in [-0.39, 0.29) is 42.7 Å². The Bertz CT molecular complexity index is 1160. The Balaban J connectivity index is 4.46. The van der Waals surface area contributed by atoms with E-state index >= 15 is 0 Å². The molecule has 0 aromatic heterocycles. The lowest BCUT2D eigenvalue weighted by molar-refractivity contribution is -0.889. The van der Waals surface area contributed by atoms with Gasteiger partial charge in [-0.2, -0.15) is 0 Å². The van der Waals surface area contributed by atoms with Crippen molar-refractivity contribution in [2.24, 2.45) is 0 Å². The van der Waals surface area contributed by atoms with Crippen LogP contribution < -0.4 is 5.11 Å². The van der Waals surface area contributed by atoms with Gasteiger partial charge in [-0.15, -0.1) is 0 Å². The van der Waals surface area contributed by atoms with Crippen LogP contribution in [0.5, 0.6) is 0 Å². The number of hydrogen-bond acceptors (Lipinski definition) is 7. The summed E-state index contributed by atoms with van der Waals surface area (Å²) >= 11 is 0. The van der Waals surface area contributed by atoms with Crippen molar-refractivity contribution >= 4 is 17.9 Å². The highest BCUT2D eigenvalue weighted by molar-refractivity contribution is 5.70. The summed E-state index contributed by atoms with van der Waals surface area (Å²) in [7, 11) is 5.38. The molecule has 0 fully saturated rings. The molecule has 0 aliphatic carbocycles. The van der Waals surface area contributed by atoms with Gasteiger partial charge in [0, 0.05) is 19.3 Å². The highest BCUT2D eigenvalue weighted by atomic mass is 16.6. The number of unbranched alkanes of at least 4 members (excludes halogenated alkanes) is 12. The summed E-state index contributed by atoms with van der Waals surface area (Å²) in [6.07, 6.45) is 46.0. The smallest absolute Gasteiger partial charge is 0.306 e. The van der Waals surface area contributed by atoms with Crippen molar-refractivity contribution in [3.05, 3.63) is 85.1 Å². The first-order valence-corrected chi connectivity index (χ1v) is 20.7. The van der Waals surface area contributed by atoms with Crippen molar-refractivity contribution in [2.75, 3.05) is 41.0 Å². The maximum atomic E-state index is 12.7. The Morgan fingerprint density at radius 1 is 0.556 bits per heavy atom. The third kappa shape index (κ3) is 34.3. The number of allylic oxidation sites excluding steroid dienone is 14. The van der Waals surface area contributed by atoms with Gasteiger partial charge in [-0.1, -0.05) is 150 Å². The monoisotopic (exact) mass is 754 g/mol. The number of carboxylic acid groups (broad SMARTS) is 1. The number of hydrogen-bond donors (Lipinski definition) is 0. The second-order valence-electron chi connectivity index (χ2n) is 14.6. The molecule has 0 heterocycles. The number of esters is 2. The SMILES string of the molecule is CC/C=C/C=C/C=C/C=C/CCCCCCCC(=O)OCC(COCCC(C(=O)[O-])[N+](C)(C)C)OC(=O)CCCCCCCCC/C=C/C=C/C=C/CC. The average molecular weight is 754 g/mol. The van der Waals surface area contributed by atoms with E-state index in [0.29, 0.717) is 12.8 Å². The van der Waals surface area contributed by atoms with Crippen LogP contribution in [0.1, 0.15) is 136 Å². The summed E-state index contributed by atoms with van der Waals surface area (Å²) in [5.74, 6) is -1.80. The Morgan fingerprint density at radius 3 is 1.44 bits per heavy atom. The van der Waals surface area contributed by atoms with Crippen LogP contribution in [0, 0.1) is 0 Å². The summed E-state index contributed by atoms with van der Waals surface area (Å²) in [5, 5.41) is 11.6. The minimum Gasteiger partial charge on any atom is -0.544 e. The van der Waals surface area contributed by atoms with Crippen molar-refractivity contribution in [3.63, 3.8) is 0 Å². The summed E-state index contributed by atoms with van der Waals surface area (Å²) in [6.45, 7) is 4.33. The van der Waals surface area contributed by atoms with Crippen molar-refractivity contribution < 1.29 is 38.2 Å². The predicted molar refractivity (Wildman–Crippen MR) is 222 cm³/mol. The van der Waals surface area contributed by atoms with E-state index in [1.54, 1.807) is 21.1 Å². The van der Waals surface area contributed by atoms with E-state index in [2.05, 4.69) is 68.5 Å². The maximum Gasteiger partial charge on any atom is 0.306 e. The second kappa shape index (κ2) is 36.5. The van der Waals surface area contributed by atoms with Crippen molar-refractivity contribution in [2.45, 2.75) is 148 Å². The van der Waals surface area contributed by atoms with Crippen LogP contribution in [0.3, 0.4) is 0 Å². The van der Waals surface area contributed by atoms with Crippen LogP contribution in [0.15, 0.2) is 85.1 Å². The van der Waals surface area contributed by atoms with Crippen LogP contribution in [0.25, 0.3) is 0 Å². The Labute approximate surface area is 329 Å². The lowest BCUT2D eigenvalue weighted by atomic mass is 10.1. The largest absolute Gasteiger partial charge is 0.544 e. The van der Waals surface area contributed by atoms with Gasteiger partial charge in [0.15, 0.2) is 6.10 Å².